The fourth-order valence-corrected chi connectivity index (χ4v) is 2.30. The first kappa shape index (κ1) is 13.0. The summed E-state index contributed by atoms with van der Waals surface area (Å²) in [6.07, 6.45) is 3.33. The lowest BCUT2D eigenvalue weighted by atomic mass is 9.73. The highest BCUT2D eigenvalue weighted by atomic mass is 16.4. The van der Waals surface area contributed by atoms with Crippen LogP contribution in [0.25, 0.3) is 0 Å². The van der Waals surface area contributed by atoms with E-state index >= 15 is 0 Å². The number of carboxylic acid groups (broad SMARTS) is 1. The number of amides is 1. The molecule has 92 valence electrons. The highest BCUT2D eigenvalue weighted by molar-refractivity contribution is 5.80. The van der Waals surface area contributed by atoms with E-state index in [1.54, 1.807) is 0 Å². The van der Waals surface area contributed by atoms with Gasteiger partial charge in [-0.3, -0.25) is 9.59 Å². The molecule has 4 nitrogen and oxygen atoms in total. The van der Waals surface area contributed by atoms with E-state index < -0.39 is 17.4 Å². The van der Waals surface area contributed by atoms with E-state index in [9.17, 15) is 14.7 Å². The van der Waals surface area contributed by atoms with Crippen LogP contribution >= 0.6 is 0 Å². The average molecular weight is 227 g/mol. The fraction of sp³-hybridized carbons (Fsp3) is 0.833. The largest absolute Gasteiger partial charge is 0.481 e. The van der Waals surface area contributed by atoms with Crippen molar-refractivity contribution in [2.45, 2.75) is 52.0 Å². The Hall–Kier alpha value is -1.06. The van der Waals surface area contributed by atoms with Gasteiger partial charge in [0.2, 0.25) is 5.91 Å². The Labute approximate surface area is 96.4 Å². The minimum absolute atomic E-state index is 0.0596. The molecular formula is C12H21NO3. The standard InChI is InChI=1S/C12H21NO3/c1-8(2)10(14)13-12(3)7-5-4-6-9(12)11(15)16/h8-9H,4-7H2,1-3H3,(H,13,14)(H,15,16). The van der Waals surface area contributed by atoms with Gasteiger partial charge in [-0.15, -0.1) is 0 Å². The highest BCUT2D eigenvalue weighted by Gasteiger charge is 2.42. The first-order valence-corrected chi connectivity index (χ1v) is 5.91. The lowest BCUT2D eigenvalue weighted by molar-refractivity contribution is -0.147. The molecule has 0 bridgehead atoms. The second-order valence-corrected chi connectivity index (χ2v) is 5.20. The quantitative estimate of drug-likeness (QED) is 0.772. The number of carboxylic acids is 1. The van der Waals surface area contributed by atoms with Gasteiger partial charge in [-0.1, -0.05) is 26.7 Å². The van der Waals surface area contributed by atoms with Crippen LogP contribution in [0.15, 0.2) is 0 Å². The summed E-state index contributed by atoms with van der Waals surface area (Å²) in [4.78, 5) is 22.9. The van der Waals surface area contributed by atoms with E-state index in [4.69, 9.17) is 0 Å². The summed E-state index contributed by atoms with van der Waals surface area (Å²) in [5.41, 5.74) is -0.578. The number of nitrogens with one attached hydrogen (secondary N) is 1. The zero-order valence-corrected chi connectivity index (χ0v) is 10.2. The van der Waals surface area contributed by atoms with Gasteiger partial charge in [0, 0.05) is 5.92 Å². The number of aliphatic carboxylic acids is 1. The molecule has 2 unspecified atom stereocenters. The molecule has 0 aromatic rings. The van der Waals surface area contributed by atoms with Crippen LogP contribution in [0.4, 0.5) is 0 Å². The maximum absolute atomic E-state index is 11.7. The molecule has 0 radical (unpaired) electrons. The number of carbonyl (C=O) groups excluding carboxylic acids is 1. The van der Waals surface area contributed by atoms with Crippen LogP contribution in [-0.2, 0) is 9.59 Å². The molecule has 0 aromatic carbocycles. The third-order valence-corrected chi connectivity index (χ3v) is 3.44. The van der Waals surface area contributed by atoms with Crippen LogP contribution < -0.4 is 5.32 Å². The van der Waals surface area contributed by atoms with Crippen molar-refractivity contribution >= 4 is 11.9 Å². The lowest BCUT2D eigenvalue weighted by Gasteiger charge is -2.40. The SMILES string of the molecule is CC(C)C(=O)NC1(C)CCCCC1C(=O)O. The van der Waals surface area contributed by atoms with E-state index in [0.717, 1.165) is 19.3 Å². The molecule has 1 aliphatic rings. The van der Waals surface area contributed by atoms with Crippen LogP contribution in [-0.4, -0.2) is 22.5 Å². The lowest BCUT2D eigenvalue weighted by Crippen LogP contribution is -2.56. The average Bonchev–Trinajstić information content (AvgIpc) is 2.16. The van der Waals surface area contributed by atoms with Crippen molar-refractivity contribution in [3.8, 4) is 0 Å². The summed E-state index contributed by atoms with van der Waals surface area (Å²) >= 11 is 0. The fourth-order valence-electron chi connectivity index (χ4n) is 2.30. The summed E-state index contributed by atoms with van der Waals surface area (Å²) in [5, 5.41) is 12.1. The van der Waals surface area contributed by atoms with Crippen LogP contribution in [0, 0.1) is 11.8 Å². The zero-order valence-electron chi connectivity index (χ0n) is 10.2. The van der Waals surface area contributed by atoms with Crippen molar-refractivity contribution in [2.24, 2.45) is 11.8 Å². The molecule has 2 N–H and O–H groups in total. The van der Waals surface area contributed by atoms with Crippen molar-refractivity contribution < 1.29 is 14.7 Å². The molecule has 1 amide bonds. The summed E-state index contributed by atoms with van der Waals surface area (Å²) in [6.45, 7) is 5.49. The Morgan fingerprint density at radius 2 is 2.00 bits per heavy atom. The summed E-state index contributed by atoms with van der Waals surface area (Å²) < 4.78 is 0. The molecule has 0 aliphatic heterocycles. The Morgan fingerprint density at radius 3 is 2.50 bits per heavy atom. The highest BCUT2D eigenvalue weighted by Crippen LogP contribution is 2.34. The molecule has 0 spiro atoms. The summed E-state index contributed by atoms with van der Waals surface area (Å²) in [6, 6.07) is 0. The van der Waals surface area contributed by atoms with E-state index in [1.165, 1.54) is 0 Å². The first-order valence-electron chi connectivity index (χ1n) is 5.91. The Bertz CT molecular complexity index is 288. The van der Waals surface area contributed by atoms with E-state index in [-0.39, 0.29) is 11.8 Å². The van der Waals surface area contributed by atoms with E-state index in [0.29, 0.717) is 6.42 Å². The van der Waals surface area contributed by atoms with Crippen LogP contribution in [0.2, 0.25) is 0 Å². The topological polar surface area (TPSA) is 66.4 Å². The second-order valence-electron chi connectivity index (χ2n) is 5.20. The maximum Gasteiger partial charge on any atom is 0.308 e. The van der Waals surface area contributed by atoms with Crippen molar-refractivity contribution in [1.82, 2.24) is 5.32 Å². The number of rotatable bonds is 3. The number of carbonyl (C=O) groups is 2. The van der Waals surface area contributed by atoms with Crippen LogP contribution in [0.1, 0.15) is 46.5 Å². The molecule has 0 aromatic heterocycles. The van der Waals surface area contributed by atoms with Gasteiger partial charge in [-0.2, -0.15) is 0 Å². The zero-order chi connectivity index (χ0) is 12.3. The van der Waals surface area contributed by atoms with Gasteiger partial charge < -0.3 is 10.4 Å². The smallest absolute Gasteiger partial charge is 0.308 e. The van der Waals surface area contributed by atoms with Gasteiger partial charge >= 0.3 is 5.97 Å². The molecule has 1 rings (SSSR count). The monoisotopic (exact) mass is 227 g/mol. The molecule has 16 heavy (non-hydrogen) atoms. The van der Waals surface area contributed by atoms with Gasteiger partial charge in [0.05, 0.1) is 11.5 Å². The van der Waals surface area contributed by atoms with Crippen molar-refractivity contribution in [3.63, 3.8) is 0 Å². The van der Waals surface area contributed by atoms with Gasteiger partial charge in [-0.05, 0) is 19.8 Å². The Kier molecular flexibility index (Phi) is 3.94. The van der Waals surface area contributed by atoms with Gasteiger partial charge in [0.1, 0.15) is 0 Å². The van der Waals surface area contributed by atoms with Crippen molar-refractivity contribution in [3.05, 3.63) is 0 Å². The first-order chi connectivity index (χ1) is 7.37. The second kappa shape index (κ2) is 4.85. The van der Waals surface area contributed by atoms with Gasteiger partial charge in [0.15, 0.2) is 0 Å². The normalized spacial score (nSPS) is 30.1. The predicted molar refractivity (Wildman–Crippen MR) is 61.0 cm³/mol. The molecular weight excluding hydrogens is 206 g/mol. The molecule has 0 saturated heterocycles. The van der Waals surface area contributed by atoms with Gasteiger partial charge in [0.25, 0.3) is 0 Å². The molecule has 4 heteroatoms. The predicted octanol–water partition coefficient (Wildman–Crippen LogP) is 1.79. The third-order valence-electron chi connectivity index (χ3n) is 3.44. The van der Waals surface area contributed by atoms with Crippen molar-refractivity contribution in [1.29, 1.82) is 0 Å². The van der Waals surface area contributed by atoms with E-state index in [2.05, 4.69) is 5.32 Å². The molecule has 0 heterocycles. The number of hydrogen-bond acceptors (Lipinski definition) is 2. The maximum atomic E-state index is 11.7. The Morgan fingerprint density at radius 1 is 1.38 bits per heavy atom. The van der Waals surface area contributed by atoms with Crippen molar-refractivity contribution in [2.75, 3.05) is 0 Å². The van der Waals surface area contributed by atoms with Crippen LogP contribution in [0.5, 0.6) is 0 Å². The minimum atomic E-state index is -0.800. The van der Waals surface area contributed by atoms with Gasteiger partial charge in [-0.25, -0.2) is 0 Å². The molecule has 1 aliphatic carbocycles. The summed E-state index contributed by atoms with van der Waals surface area (Å²) in [5.74, 6) is -1.42. The van der Waals surface area contributed by atoms with Crippen LogP contribution in [0.3, 0.4) is 0 Å². The minimum Gasteiger partial charge on any atom is -0.481 e. The molecule has 2 atom stereocenters. The molecule has 1 fully saturated rings. The van der Waals surface area contributed by atoms with E-state index in [1.807, 2.05) is 20.8 Å². The summed E-state index contributed by atoms with van der Waals surface area (Å²) in [7, 11) is 0. The molecule has 1 saturated carbocycles. The Balaban J connectivity index is 2.78. The number of hydrogen-bond donors (Lipinski definition) is 2. The third kappa shape index (κ3) is 2.74.